The molecule has 0 aliphatic carbocycles. The SMILES string of the molecule is Cn1c(-c2ccccc2)cnc1SCn1nnc2ccccc2c1=O. The first-order chi connectivity index (χ1) is 12.2. The van der Waals surface area contributed by atoms with Gasteiger partial charge in [-0.1, -0.05) is 59.4 Å². The van der Waals surface area contributed by atoms with Crippen molar-refractivity contribution < 1.29 is 0 Å². The maximum absolute atomic E-state index is 12.5. The van der Waals surface area contributed by atoms with E-state index in [1.165, 1.54) is 16.4 Å². The molecule has 0 bridgehead atoms. The van der Waals surface area contributed by atoms with Crippen LogP contribution in [0.5, 0.6) is 0 Å². The highest BCUT2D eigenvalue weighted by atomic mass is 32.2. The summed E-state index contributed by atoms with van der Waals surface area (Å²) in [5.74, 6) is 0.357. The van der Waals surface area contributed by atoms with Gasteiger partial charge in [-0.05, 0) is 17.7 Å². The largest absolute Gasteiger partial charge is 0.322 e. The van der Waals surface area contributed by atoms with E-state index in [9.17, 15) is 4.79 Å². The number of aromatic nitrogens is 5. The number of hydrogen-bond donors (Lipinski definition) is 0. The fourth-order valence-corrected chi connectivity index (χ4v) is 3.46. The molecule has 0 aliphatic heterocycles. The van der Waals surface area contributed by atoms with Gasteiger partial charge >= 0.3 is 0 Å². The normalized spacial score (nSPS) is 11.1. The Kier molecular flexibility index (Phi) is 4.07. The first kappa shape index (κ1) is 15.6. The van der Waals surface area contributed by atoms with Crippen LogP contribution >= 0.6 is 11.8 Å². The van der Waals surface area contributed by atoms with E-state index in [4.69, 9.17) is 0 Å². The Morgan fingerprint density at radius 2 is 1.80 bits per heavy atom. The summed E-state index contributed by atoms with van der Waals surface area (Å²) in [5.41, 5.74) is 2.60. The number of rotatable bonds is 4. The van der Waals surface area contributed by atoms with E-state index >= 15 is 0 Å². The number of thioether (sulfide) groups is 1. The van der Waals surface area contributed by atoms with Crippen LogP contribution in [0.4, 0.5) is 0 Å². The van der Waals surface area contributed by atoms with Crippen molar-refractivity contribution in [3.8, 4) is 11.3 Å². The molecule has 0 N–H and O–H groups in total. The predicted molar refractivity (Wildman–Crippen MR) is 98.3 cm³/mol. The van der Waals surface area contributed by atoms with E-state index in [1.807, 2.05) is 60.3 Å². The second-order valence-corrected chi connectivity index (χ2v) is 6.45. The smallest absolute Gasteiger partial charge is 0.278 e. The molecule has 0 radical (unpaired) electrons. The zero-order valence-corrected chi connectivity index (χ0v) is 14.3. The third-order valence-corrected chi connectivity index (χ3v) is 4.97. The standard InChI is InChI=1S/C18H15N5OS/c1-22-16(13-7-3-2-4-8-13)11-19-18(22)25-12-23-17(24)14-9-5-6-10-15(14)20-21-23/h2-11H,12H2,1H3. The Morgan fingerprint density at radius 3 is 2.64 bits per heavy atom. The van der Waals surface area contributed by atoms with Crippen molar-refractivity contribution in [2.75, 3.05) is 0 Å². The first-order valence-corrected chi connectivity index (χ1v) is 8.75. The summed E-state index contributed by atoms with van der Waals surface area (Å²) in [5, 5.41) is 9.51. The fourth-order valence-electron chi connectivity index (χ4n) is 2.63. The van der Waals surface area contributed by atoms with E-state index in [2.05, 4.69) is 15.3 Å². The summed E-state index contributed by atoms with van der Waals surface area (Å²) in [6, 6.07) is 17.3. The molecule has 0 atom stereocenters. The molecule has 25 heavy (non-hydrogen) atoms. The molecule has 0 aliphatic rings. The van der Waals surface area contributed by atoms with Gasteiger partial charge in [-0.2, -0.15) is 4.68 Å². The van der Waals surface area contributed by atoms with Crippen molar-refractivity contribution in [2.24, 2.45) is 7.05 Å². The van der Waals surface area contributed by atoms with Crippen LogP contribution in [0.3, 0.4) is 0 Å². The predicted octanol–water partition coefficient (Wildman–Crippen LogP) is 2.94. The van der Waals surface area contributed by atoms with E-state index in [1.54, 1.807) is 12.1 Å². The molecule has 0 spiro atoms. The van der Waals surface area contributed by atoms with Crippen LogP contribution in [0.2, 0.25) is 0 Å². The van der Waals surface area contributed by atoms with E-state index in [-0.39, 0.29) is 5.56 Å². The second-order valence-electron chi connectivity index (χ2n) is 5.54. The Balaban J connectivity index is 1.59. The van der Waals surface area contributed by atoms with Crippen molar-refractivity contribution >= 4 is 22.7 Å². The van der Waals surface area contributed by atoms with Crippen LogP contribution in [0.15, 0.2) is 70.7 Å². The quantitative estimate of drug-likeness (QED) is 0.530. The lowest BCUT2D eigenvalue weighted by molar-refractivity contribution is 0.642. The number of fused-ring (bicyclic) bond motifs is 1. The highest BCUT2D eigenvalue weighted by Gasteiger charge is 2.11. The average Bonchev–Trinajstić information content (AvgIpc) is 3.03. The number of imidazole rings is 1. The molecule has 0 saturated heterocycles. The monoisotopic (exact) mass is 349 g/mol. The highest BCUT2D eigenvalue weighted by Crippen LogP contribution is 2.25. The molecule has 4 rings (SSSR count). The summed E-state index contributed by atoms with van der Waals surface area (Å²) in [6.45, 7) is 0. The highest BCUT2D eigenvalue weighted by molar-refractivity contribution is 7.98. The summed E-state index contributed by atoms with van der Waals surface area (Å²) >= 11 is 1.45. The van der Waals surface area contributed by atoms with Gasteiger partial charge in [-0.25, -0.2) is 4.98 Å². The van der Waals surface area contributed by atoms with Gasteiger partial charge in [0, 0.05) is 7.05 Å². The lowest BCUT2D eigenvalue weighted by Crippen LogP contribution is -2.23. The molecular formula is C18H15N5OS. The molecule has 0 saturated carbocycles. The zero-order chi connectivity index (χ0) is 17.2. The molecule has 6 nitrogen and oxygen atoms in total. The third-order valence-electron chi connectivity index (χ3n) is 3.96. The number of benzene rings is 2. The van der Waals surface area contributed by atoms with Gasteiger partial charge in [0.15, 0.2) is 5.16 Å². The van der Waals surface area contributed by atoms with Gasteiger partial charge in [0.2, 0.25) is 0 Å². The minimum absolute atomic E-state index is 0.143. The lowest BCUT2D eigenvalue weighted by atomic mass is 10.2. The van der Waals surface area contributed by atoms with Gasteiger partial charge in [0.05, 0.1) is 23.2 Å². The van der Waals surface area contributed by atoms with E-state index < -0.39 is 0 Å². The van der Waals surface area contributed by atoms with Crippen LogP contribution < -0.4 is 5.56 Å². The molecule has 124 valence electrons. The number of nitrogens with zero attached hydrogens (tertiary/aromatic N) is 5. The van der Waals surface area contributed by atoms with E-state index in [0.717, 1.165) is 16.4 Å². The summed E-state index contributed by atoms with van der Waals surface area (Å²) < 4.78 is 3.38. The van der Waals surface area contributed by atoms with Crippen LogP contribution in [-0.2, 0) is 12.9 Å². The van der Waals surface area contributed by atoms with Crippen molar-refractivity contribution in [3.63, 3.8) is 0 Å². The van der Waals surface area contributed by atoms with Crippen molar-refractivity contribution in [3.05, 3.63) is 71.1 Å². The summed E-state index contributed by atoms with van der Waals surface area (Å²) in [4.78, 5) is 16.9. The molecule has 0 amide bonds. The fraction of sp³-hybridized carbons (Fsp3) is 0.111. The molecule has 4 aromatic rings. The summed E-state index contributed by atoms with van der Waals surface area (Å²) in [7, 11) is 1.96. The third kappa shape index (κ3) is 2.94. The lowest BCUT2D eigenvalue weighted by Gasteiger charge is -2.07. The first-order valence-electron chi connectivity index (χ1n) is 7.76. The molecule has 2 heterocycles. The van der Waals surface area contributed by atoms with Crippen LogP contribution in [0.25, 0.3) is 22.2 Å². The van der Waals surface area contributed by atoms with E-state index in [0.29, 0.717) is 16.8 Å². The second kappa shape index (κ2) is 6.52. The van der Waals surface area contributed by atoms with Crippen molar-refractivity contribution in [1.29, 1.82) is 0 Å². The molecule has 2 aromatic carbocycles. The molecule has 0 fully saturated rings. The van der Waals surface area contributed by atoms with Gasteiger partial charge in [0.25, 0.3) is 5.56 Å². The maximum Gasteiger partial charge on any atom is 0.278 e. The van der Waals surface area contributed by atoms with Gasteiger partial charge in [0.1, 0.15) is 5.52 Å². The topological polar surface area (TPSA) is 65.6 Å². The zero-order valence-electron chi connectivity index (χ0n) is 13.5. The van der Waals surface area contributed by atoms with Crippen LogP contribution in [0.1, 0.15) is 0 Å². The Bertz CT molecular complexity index is 1090. The van der Waals surface area contributed by atoms with Gasteiger partial charge in [-0.15, -0.1) is 5.10 Å². The van der Waals surface area contributed by atoms with Crippen LogP contribution in [-0.4, -0.2) is 24.5 Å². The van der Waals surface area contributed by atoms with Crippen LogP contribution in [0, 0.1) is 0 Å². The Hall–Kier alpha value is -2.93. The van der Waals surface area contributed by atoms with Crippen molar-refractivity contribution in [2.45, 2.75) is 11.0 Å². The van der Waals surface area contributed by atoms with Crippen molar-refractivity contribution in [1.82, 2.24) is 24.5 Å². The minimum atomic E-state index is -0.143. The van der Waals surface area contributed by atoms with Gasteiger partial charge < -0.3 is 4.57 Å². The Labute approximate surface area is 148 Å². The average molecular weight is 349 g/mol. The minimum Gasteiger partial charge on any atom is -0.322 e. The molecule has 2 aromatic heterocycles. The maximum atomic E-state index is 12.5. The molecule has 7 heteroatoms. The number of hydrogen-bond acceptors (Lipinski definition) is 5. The molecule has 0 unspecified atom stereocenters. The summed E-state index contributed by atoms with van der Waals surface area (Å²) in [6.07, 6.45) is 1.84. The Morgan fingerprint density at radius 1 is 1.04 bits per heavy atom. The molecular weight excluding hydrogens is 334 g/mol. The van der Waals surface area contributed by atoms with Gasteiger partial charge in [-0.3, -0.25) is 4.79 Å².